The zero-order chi connectivity index (χ0) is 18.1. The number of nitrogens with one attached hydrogen (secondary N) is 1. The van der Waals surface area contributed by atoms with Crippen LogP contribution in [0.25, 0.3) is 5.52 Å². The number of rotatable bonds is 3. The molecule has 26 heavy (non-hydrogen) atoms. The summed E-state index contributed by atoms with van der Waals surface area (Å²) in [7, 11) is 1.54. The van der Waals surface area contributed by atoms with Gasteiger partial charge in [0.2, 0.25) is 5.91 Å². The molecule has 2 aliphatic heterocycles. The number of hydrogen-bond donors (Lipinski definition) is 1. The molecule has 1 unspecified atom stereocenters. The van der Waals surface area contributed by atoms with Crippen LogP contribution in [0, 0.1) is 5.92 Å². The van der Waals surface area contributed by atoms with Crippen LogP contribution in [0.5, 0.6) is 0 Å². The van der Waals surface area contributed by atoms with E-state index in [1.165, 1.54) is 36.8 Å². The van der Waals surface area contributed by atoms with Gasteiger partial charge >= 0.3 is 6.03 Å². The Bertz CT molecular complexity index is 822. The molecule has 4 rings (SSSR count). The van der Waals surface area contributed by atoms with Crippen LogP contribution < -0.4 is 10.2 Å². The van der Waals surface area contributed by atoms with Crippen LogP contribution in [0.2, 0.25) is 0 Å². The molecule has 0 bridgehead atoms. The third kappa shape index (κ3) is 3.19. The smallest absolute Gasteiger partial charge is 0.317 e. The lowest BCUT2D eigenvalue weighted by atomic mass is 9.93. The van der Waals surface area contributed by atoms with Crippen molar-refractivity contribution in [3.05, 3.63) is 30.1 Å². The molecule has 7 heteroatoms. The molecule has 0 saturated carbocycles. The molecule has 1 N–H and O–H groups in total. The summed E-state index contributed by atoms with van der Waals surface area (Å²) >= 11 is 0. The number of hydrogen-bond acceptors (Lipinski definition) is 4. The van der Waals surface area contributed by atoms with Gasteiger partial charge in [0.05, 0.1) is 17.4 Å². The first-order chi connectivity index (χ1) is 12.6. The highest BCUT2D eigenvalue weighted by atomic mass is 16.2. The van der Waals surface area contributed by atoms with Crippen molar-refractivity contribution in [2.24, 2.45) is 5.92 Å². The number of nitrogens with zero attached hydrogens (tertiary/aromatic N) is 4. The van der Waals surface area contributed by atoms with E-state index in [9.17, 15) is 9.59 Å². The summed E-state index contributed by atoms with van der Waals surface area (Å²) in [6, 6.07) is 3.98. The van der Waals surface area contributed by atoms with Gasteiger partial charge in [-0.3, -0.25) is 14.6 Å². The fourth-order valence-corrected chi connectivity index (χ4v) is 3.96. The molecule has 0 aliphatic carbocycles. The molecule has 0 aromatic carbocycles. The number of fused-ring (bicyclic) bond motifs is 1. The van der Waals surface area contributed by atoms with Gasteiger partial charge < -0.3 is 5.32 Å². The second-order valence-corrected chi connectivity index (χ2v) is 7.28. The molecule has 2 aliphatic rings. The molecule has 0 radical (unpaired) electrons. The number of anilines is 1. The van der Waals surface area contributed by atoms with Gasteiger partial charge in [0.25, 0.3) is 0 Å². The minimum atomic E-state index is -0.281. The SMILES string of the molecule is CN1C(=O)CCN(c2cnn3ccc(CC4CCCNCC4)cc23)C1=O. The Morgan fingerprint density at radius 3 is 3.04 bits per heavy atom. The maximum atomic E-state index is 12.5. The normalized spacial score (nSPS) is 22.1. The zero-order valence-corrected chi connectivity index (χ0v) is 15.1. The van der Waals surface area contributed by atoms with Crippen molar-refractivity contribution in [3.8, 4) is 0 Å². The van der Waals surface area contributed by atoms with Crippen molar-refractivity contribution in [3.63, 3.8) is 0 Å². The van der Waals surface area contributed by atoms with Crippen molar-refractivity contribution < 1.29 is 9.59 Å². The second-order valence-electron chi connectivity index (χ2n) is 7.28. The number of aromatic nitrogens is 2. The van der Waals surface area contributed by atoms with E-state index in [-0.39, 0.29) is 11.9 Å². The Morgan fingerprint density at radius 1 is 1.27 bits per heavy atom. The Hall–Kier alpha value is -2.41. The van der Waals surface area contributed by atoms with Crippen LogP contribution in [-0.4, -0.2) is 53.1 Å². The number of imide groups is 1. The first-order valence-electron chi connectivity index (χ1n) is 9.38. The van der Waals surface area contributed by atoms with Crippen LogP contribution >= 0.6 is 0 Å². The number of pyridine rings is 1. The molecule has 0 spiro atoms. The van der Waals surface area contributed by atoms with Gasteiger partial charge in [0.15, 0.2) is 0 Å². The van der Waals surface area contributed by atoms with Crippen LogP contribution in [0.4, 0.5) is 10.5 Å². The van der Waals surface area contributed by atoms with Gasteiger partial charge in [-0.2, -0.15) is 5.10 Å². The van der Waals surface area contributed by atoms with Crippen LogP contribution in [0.3, 0.4) is 0 Å². The van der Waals surface area contributed by atoms with E-state index in [1.807, 2.05) is 6.20 Å². The maximum Gasteiger partial charge on any atom is 0.331 e. The van der Waals surface area contributed by atoms with Crippen LogP contribution in [0.15, 0.2) is 24.5 Å². The standard InChI is InChI=1S/C19H25N5O2/c1-22-18(25)6-9-23(19(22)26)17-13-21-24-10-5-15(12-16(17)24)11-14-3-2-7-20-8-4-14/h5,10,12-14,20H,2-4,6-9,11H2,1H3. The summed E-state index contributed by atoms with van der Waals surface area (Å²) in [5.74, 6) is 0.560. The van der Waals surface area contributed by atoms with E-state index in [0.717, 1.165) is 30.7 Å². The summed E-state index contributed by atoms with van der Waals surface area (Å²) in [5, 5.41) is 7.85. The van der Waals surface area contributed by atoms with Gasteiger partial charge in [-0.15, -0.1) is 0 Å². The topological polar surface area (TPSA) is 70.0 Å². The van der Waals surface area contributed by atoms with E-state index in [0.29, 0.717) is 18.9 Å². The molecule has 3 amide bonds. The minimum Gasteiger partial charge on any atom is -0.317 e. The molecule has 2 fully saturated rings. The highest BCUT2D eigenvalue weighted by Crippen LogP contribution is 2.27. The summed E-state index contributed by atoms with van der Waals surface area (Å²) in [6.07, 6.45) is 8.76. The summed E-state index contributed by atoms with van der Waals surface area (Å²) in [6.45, 7) is 2.61. The third-order valence-corrected chi connectivity index (χ3v) is 5.52. The van der Waals surface area contributed by atoms with Gasteiger partial charge in [-0.1, -0.05) is 0 Å². The van der Waals surface area contributed by atoms with Crippen molar-refractivity contribution in [1.29, 1.82) is 0 Å². The van der Waals surface area contributed by atoms with E-state index < -0.39 is 0 Å². The minimum absolute atomic E-state index is 0.134. The van der Waals surface area contributed by atoms with Crippen molar-refractivity contribution in [1.82, 2.24) is 19.8 Å². The highest BCUT2D eigenvalue weighted by Gasteiger charge is 2.31. The Kier molecular flexibility index (Phi) is 4.63. The molecule has 4 heterocycles. The first kappa shape index (κ1) is 17.0. The van der Waals surface area contributed by atoms with Gasteiger partial charge in [-0.05, 0) is 62.4 Å². The maximum absolute atomic E-state index is 12.5. The van der Waals surface area contributed by atoms with E-state index in [2.05, 4.69) is 22.5 Å². The van der Waals surface area contributed by atoms with E-state index in [4.69, 9.17) is 0 Å². The molecular weight excluding hydrogens is 330 g/mol. The van der Waals surface area contributed by atoms with Gasteiger partial charge in [0.1, 0.15) is 0 Å². The lowest BCUT2D eigenvalue weighted by Gasteiger charge is -2.31. The molecule has 2 aromatic rings. The fraction of sp³-hybridized carbons (Fsp3) is 0.526. The Morgan fingerprint density at radius 2 is 2.15 bits per heavy atom. The van der Waals surface area contributed by atoms with E-state index >= 15 is 0 Å². The predicted molar refractivity (Wildman–Crippen MR) is 99.2 cm³/mol. The molecule has 138 valence electrons. The van der Waals surface area contributed by atoms with Crippen molar-refractivity contribution in [2.45, 2.75) is 32.1 Å². The van der Waals surface area contributed by atoms with Crippen molar-refractivity contribution >= 4 is 23.1 Å². The molecular formula is C19H25N5O2. The number of carbonyl (C=O) groups excluding carboxylic acids is 2. The lowest BCUT2D eigenvalue weighted by molar-refractivity contribution is -0.127. The predicted octanol–water partition coefficient (Wildman–Crippen LogP) is 2.05. The average Bonchev–Trinajstić information content (AvgIpc) is 2.87. The second kappa shape index (κ2) is 7.07. The number of carbonyl (C=O) groups is 2. The molecule has 1 atom stereocenters. The van der Waals surface area contributed by atoms with Crippen LogP contribution in [-0.2, 0) is 11.2 Å². The third-order valence-electron chi connectivity index (χ3n) is 5.52. The quantitative estimate of drug-likeness (QED) is 0.915. The first-order valence-corrected chi connectivity index (χ1v) is 9.38. The summed E-state index contributed by atoms with van der Waals surface area (Å²) in [5.41, 5.74) is 2.98. The molecule has 2 aromatic heterocycles. The number of urea groups is 1. The van der Waals surface area contributed by atoms with Crippen molar-refractivity contribution in [2.75, 3.05) is 31.6 Å². The largest absolute Gasteiger partial charge is 0.331 e. The zero-order valence-electron chi connectivity index (χ0n) is 15.1. The Balaban J connectivity index is 1.60. The molecule has 7 nitrogen and oxygen atoms in total. The van der Waals surface area contributed by atoms with Crippen LogP contribution in [0.1, 0.15) is 31.2 Å². The van der Waals surface area contributed by atoms with Gasteiger partial charge in [0, 0.05) is 26.2 Å². The lowest BCUT2D eigenvalue weighted by Crippen LogP contribution is -2.50. The van der Waals surface area contributed by atoms with E-state index in [1.54, 1.807) is 15.6 Å². The fourth-order valence-electron chi connectivity index (χ4n) is 3.96. The Labute approximate surface area is 152 Å². The summed E-state index contributed by atoms with van der Waals surface area (Å²) in [4.78, 5) is 27.1. The highest BCUT2D eigenvalue weighted by molar-refractivity contribution is 6.07. The summed E-state index contributed by atoms with van der Waals surface area (Å²) < 4.78 is 1.80. The monoisotopic (exact) mass is 355 g/mol. The number of amides is 3. The van der Waals surface area contributed by atoms with Gasteiger partial charge in [-0.25, -0.2) is 9.31 Å². The molecule has 2 saturated heterocycles. The average molecular weight is 355 g/mol.